The summed E-state index contributed by atoms with van der Waals surface area (Å²) in [6, 6.07) is 7.04. The standard InChI is InChI=1S/C16H22N2/c1-17-9-7-14-13(10-17)11-18-8-3-5-12-4-2-6-15(14)16(12)18/h2,4,6,13-14H,3,5,7-11H2,1H3/t13-,14?/m1/s1. The molecule has 18 heavy (non-hydrogen) atoms. The van der Waals surface area contributed by atoms with E-state index in [1.807, 2.05) is 0 Å². The minimum atomic E-state index is 0.825. The normalized spacial score (nSPS) is 30.8. The third kappa shape index (κ3) is 1.51. The largest absolute Gasteiger partial charge is 0.371 e. The molecule has 2 atom stereocenters. The van der Waals surface area contributed by atoms with Gasteiger partial charge in [0.05, 0.1) is 0 Å². The molecule has 1 saturated heterocycles. The summed E-state index contributed by atoms with van der Waals surface area (Å²) in [4.78, 5) is 5.19. The Morgan fingerprint density at radius 1 is 1.17 bits per heavy atom. The third-order valence-electron chi connectivity index (χ3n) is 5.13. The van der Waals surface area contributed by atoms with E-state index in [9.17, 15) is 0 Å². The molecule has 0 spiro atoms. The lowest BCUT2D eigenvalue weighted by Gasteiger charge is -2.48. The average Bonchev–Trinajstić information content (AvgIpc) is 2.39. The predicted molar refractivity (Wildman–Crippen MR) is 75.3 cm³/mol. The Balaban J connectivity index is 1.80. The van der Waals surface area contributed by atoms with E-state index < -0.39 is 0 Å². The molecule has 3 aliphatic heterocycles. The van der Waals surface area contributed by atoms with E-state index in [1.54, 1.807) is 16.8 Å². The topological polar surface area (TPSA) is 6.48 Å². The first kappa shape index (κ1) is 10.9. The highest BCUT2D eigenvalue weighted by molar-refractivity contribution is 5.64. The fourth-order valence-electron chi connectivity index (χ4n) is 4.34. The number of nitrogens with zero attached hydrogens (tertiary/aromatic N) is 2. The zero-order chi connectivity index (χ0) is 12.1. The van der Waals surface area contributed by atoms with Crippen molar-refractivity contribution < 1.29 is 0 Å². The van der Waals surface area contributed by atoms with Gasteiger partial charge in [0.15, 0.2) is 0 Å². The summed E-state index contributed by atoms with van der Waals surface area (Å²) in [6.45, 7) is 5.12. The summed E-state index contributed by atoms with van der Waals surface area (Å²) in [7, 11) is 2.28. The van der Waals surface area contributed by atoms with Crippen molar-refractivity contribution in [1.29, 1.82) is 0 Å². The smallest absolute Gasteiger partial charge is 0.0434 e. The van der Waals surface area contributed by atoms with Crippen molar-refractivity contribution in [1.82, 2.24) is 4.90 Å². The van der Waals surface area contributed by atoms with Gasteiger partial charge >= 0.3 is 0 Å². The molecule has 0 aliphatic carbocycles. The van der Waals surface area contributed by atoms with Crippen LogP contribution in [0.4, 0.5) is 5.69 Å². The lowest BCUT2D eigenvalue weighted by Crippen LogP contribution is -2.48. The van der Waals surface area contributed by atoms with Crippen LogP contribution in [-0.2, 0) is 6.42 Å². The number of fused-ring (bicyclic) bond motifs is 2. The van der Waals surface area contributed by atoms with Crippen LogP contribution in [0.5, 0.6) is 0 Å². The minimum absolute atomic E-state index is 0.825. The number of hydrogen-bond donors (Lipinski definition) is 0. The Labute approximate surface area is 110 Å². The molecule has 0 bridgehead atoms. The Bertz CT molecular complexity index is 468. The SMILES string of the molecule is CN1CCC2c3cccc4c3N(CCC4)C[C@H]2C1. The molecule has 1 fully saturated rings. The molecule has 0 aromatic heterocycles. The van der Waals surface area contributed by atoms with Crippen LogP contribution in [0.25, 0.3) is 0 Å². The average molecular weight is 242 g/mol. The number of likely N-dealkylation sites (tertiary alicyclic amines) is 1. The van der Waals surface area contributed by atoms with Gasteiger partial charge in [-0.05, 0) is 55.8 Å². The van der Waals surface area contributed by atoms with Crippen molar-refractivity contribution in [2.24, 2.45) is 5.92 Å². The third-order valence-corrected chi connectivity index (χ3v) is 5.13. The molecule has 3 aliphatic rings. The van der Waals surface area contributed by atoms with E-state index in [4.69, 9.17) is 0 Å². The molecule has 0 saturated carbocycles. The Morgan fingerprint density at radius 2 is 2.11 bits per heavy atom. The maximum Gasteiger partial charge on any atom is 0.0434 e. The van der Waals surface area contributed by atoms with Gasteiger partial charge in [0.25, 0.3) is 0 Å². The maximum atomic E-state index is 2.68. The molecule has 1 unspecified atom stereocenters. The van der Waals surface area contributed by atoms with E-state index in [-0.39, 0.29) is 0 Å². The second-order valence-electron chi connectivity index (χ2n) is 6.32. The number of para-hydroxylation sites is 1. The van der Waals surface area contributed by atoms with Gasteiger partial charge < -0.3 is 9.80 Å². The first-order valence-corrected chi connectivity index (χ1v) is 7.38. The second kappa shape index (κ2) is 3.99. The van der Waals surface area contributed by atoms with Crippen LogP contribution in [-0.4, -0.2) is 38.1 Å². The first-order chi connectivity index (χ1) is 8.83. The second-order valence-corrected chi connectivity index (χ2v) is 6.32. The monoisotopic (exact) mass is 242 g/mol. The van der Waals surface area contributed by atoms with Crippen LogP contribution in [0.1, 0.15) is 29.9 Å². The summed E-state index contributed by atoms with van der Waals surface area (Å²) < 4.78 is 0. The molecule has 0 radical (unpaired) electrons. The van der Waals surface area contributed by atoms with Crippen molar-refractivity contribution in [3.8, 4) is 0 Å². The number of anilines is 1. The van der Waals surface area contributed by atoms with Crippen LogP contribution in [0.15, 0.2) is 18.2 Å². The number of hydrogen-bond acceptors (Lipinski definition) is 2. The van der Waals surface area contributed by atoms with E-state index in [0.29, 0.717) is 0 Å². The molecule has 1 aromatic rings. The Kier molecular flexibility index (Phi) is 2.41. The number of piperidine rings is 1. The van der Waals surface area contributed by atoms with Crippen LogP contribution in [0.3, 0.4) is 0 Å². The van der Waals surface area contributed by atoms with E-state index in [0.717, 1.165) is 11.8 Å². The quantitative estimate of drug-likeness (QED) is 0.689. The highest BCUT2D eigenvalue weighted by atomic mass is 15.2. The number of rotatable bonds is 0. The zero-order valence-electron chi connectivity index (χ0n) is 11.2. The van der Waals surface area contributed by atoms with Crippen LogP contribution in [0, 0.1) is 5.92 Å². The number of benzene rings is 1. The molecule has 0 N–H and O–H groups in total. The van der Waals surface area contributed by atoms with Crippen molar-refractivity contribution in [2.75, 3.05) is 38.1 Å². The molecule has 96 valence electrons. The van der Waals surface area contributed by atoms with Gasteiger partial charge in [0, 0.05) is 25.3 Å². The molecule has 3 heterocycles. The van der Waals surface area contributed by atoms with Gasteiger partial charge in [-0.1, -0.05) is 18.2 Å². The van der Waals surface area contributed by atoms with Crippen molar-refractivity contribution in [2.45, 2.75) is 25.2 Å². The van der Waals surface area contributed by atoms with Crippen molar-refractivity contribution in [3.63, 3.8) is 0 Å². The highest BCUT2D eigenvalue weighted by Gasteiger charge is 2.38. The van der Waals surface area contributed by atoms with Gasteiger partial charge in [0.2, 0.25) is 0 Å². The summed E-state index contributed by atoms with van der Waals surface area (Å²) in [5.74, 6) is 1.68. The molecule has 4 rings (SSSR count). The van der Waals surface area contributed by atoms with Crippen LogP contribution >= 0.6 is 0 Å². The van der Waals surface area contributed by atoms with E-state index >= 15 is 0 Å². The maximum absolute atomic E-state index is 2.68. The fraction of sp³-hybridized carbons (Fsp3) is 0.625. The summed E-state index contributed by atoms with van der Waals surface area (Å²) in [5, 5.41) is 0. The van der Waals surface area contributed by atoms with Gasteiger partial charge in [-0.3, -0.25) is 0 Å². The molecule has 2 heteroatoms. The summed E-state index contributed by atoms with van der Waals surface area (Å²) in [6.07, 6.45) is 3.98. The number of aryl methyl sites for hydroxylation is 1. The summed E-state index contributed by atoms with van der Waals surface area (Å²) >= 11 is 0. The van der Waals surface area contributed by atoms with Gasteiger partial charge in [0.1, 0.15) is 0 Å². The zero-order valence-corrected chi connectivity index (χ0v) is 11.2. The van der Waals surface area contributed by atoms with Crippen LogP contribution < -0.4 is 4.90 Å². The Hall–Kier alpha value is -1.02. The molecule has 1 aromatic carbocycles. The first-order valence-electron chi connectivity index (χ1n) is 7.38. The van der Waals surface area contributed by atoms with Crippen molar-refractivity contribution in [3.05, 3.63) is 29.3 Å². The molecular weight excluding hydrogens is 220 g/mol. The molecule has 2 nitrogen and oxygen atoms in total. The fourth-order valence-corrected chi connectivity index (χ4v) is 4.34. The van der Waals surface area contributed by atoms with Gasteiger partial charge in [-0.2, -0.15) is 0 Å². The molecular formula is C16H22N2. The van der Waals surface area contributed by atoms with Gasteiger partial charge in [-0.25, -0.2) is 0 Å². The van der Waals surface area contributed by atoms with Crippen LogP contribution in [0.2, 0.25) is 0 Å². The van der Waals surface area contributed by atoms with E-state index in [1.165, 1.54) is 45.4 Å². The minimum Gasteiger partial charge on any atom is -0.371 e. The lowest BCUT2D eigenvalue weighted by molar-refractivity contribution is 0.180. The highest BCUT2D eigenvalue weighted by Crippen LogP contribution is 2.45. The summed E-state index contributed by atoms with van der Waals surface area (Å²) in [5.41, 5.74) is 4.89. The van der Waals surface area contributed by atoms with E-state index in [2.05, 4.69) is 35.0 Å². The molecule has 0 amide bonds. The van der Waals surface area contributed by atoms with Gasteiger partial charge in [-0.15, -0.1) is 0 Å². The van der Waals surface area contributed by atoms with Crippen molar-refractivity contribution >= 4 is 5.69 Å². The lowest BCUT2D eigenvalue weighted by atomic mass is 9.75. The Morgan fingerprint density at radius 3 is 3.06 bits per heavy atom. The predicted octanol–water partition coefficient (Wildman–Crippen LogP) is 2.49.